The van der Waals surface area contributed by atoms with E-state index in [-0.39, 0.29) is 12.8 Å². The van der Waals surface area contributed by atoms with Crippen molar-refractivity contribution in [1.82, 2.24) is 0 Å². The van der Waals surface area contributed by atoms with Gasteiger partial charge in [0, 0.05) is 12.8 Å². The van der Waals surface area contributed by atoms with Crippen LogP contribution in [-0.4, -0.2) is 98.3 Å². The van der Waals surface area contributed by atoms with Crippen LogP contribution in [0.2, 0.25) is 0 Å². The molecule has 0 spiro atoms. The summed E-state index contributed by atoms with van der Waals surface area (Å²) in [5.74, 6) is -1.08. The van der Waals surface area contributed by atoms with Crippen LogP contribution < -0.4 is 0 Å². The third kappa shape index (κ3) is 32.2. The van der Waals surface area contributed by atoms with Crippen LogP contribution in [0.1, 0.15) is 245 Å². The molecule has 0 heterocycles. The van der Waals surface area contributed by atoms with Gasteiger partial charge in [-0.25, -0.2) is 4.57 Å². The molecule has 1 saturated carbocycles. The minimum absolute atomic E-state index is 0.105. The molecule has 6 atom stereocenters. The van der Waals surface area contributed by atoms with Crippen LogP contribution in [0.15, 0.2) is 0 Å². The van der Waals surface area contributed by atoms with Crippen molar-refractivity contribution in [2.75, 3.05) is 13.2 Å². The summed E-state index contributed by atoms with van der Waals surface area (Å²) in [6, 6.07) is 0. The Morgan fingerprint density at radius 1 is 0.429 bits per heavy atom. The Kier molecular flexibility index (Phi) is 38.0. The highest BCUT2D eigenvalue weighted by Crippen LogP contribution is 2.47. The number of hydrogen-bond acceptors (Lipinski definition) is 12. The predicted molar refractivity (Wildman–Crippen MR) is 249 cm³/mol. The number of ether oxygens (including phenoxy) is 2. The third-order valence-corrected chi connectivity index (χ3v) is 13.4. The Labute approximate surface area is 382 Å². The molecule has 63 heavy (non-hydrogen) atoms. The lowest BCUT2D eigenvalue weighted by Gasteiger charge is -2.41. The first kappa shape index (κ1) is 59.9. The summed E-state index contributed by atoms with van der Waals surface area (Å²) in [6.45, 7) is 3.34. The van der Waals surface area contributed by atoms with Gasteiger partial charge in [0.15, 0.2) is 6.10 Å². The van der Waals surface area contributed by atoms with Gasteiger partial charge in [0.25, 0.3) is 0 Å². The lowest BCUT2D eigenvalue weighted by molar-refractivity contribution is -0.220. The highest BCUT2D eigenvalue weighted by atomic mass is 31.2. The molecular weight excluding hydrogens is 828 g/mol. The monoisotopic (exact) mass is 923 g/mol. The standard InChI is InChI=1S/C49H95O13P/c1-3-5-7-9-11-13-15-17-18-19-20-21-22-23-24-26-28-30-32-34-36-38-43(51)61-41(40-60-63(57,58)62-49-47(55)45(53)44(52)46(54)48(49)56)39-59-42(50)37-35-33-31-29-27-25-16-14-12-10-8-6-4-2/h41,44-49,52-56H,3-40H2,1-2H3,(H,57,58). The van der Waals surface area contributed by atoms with Crippen molar-refractivity contribution < 1.29 is 63.1 Å². The number of carbonyl (C=O) groups is 2. The molecule has 0 amide bonds. The van der Waals surface area contributed by atoms with Gasteiger partial charge < -0.3 is 39.9 Å². The van der Waals surface area contributed by atoms with E-state index in [1.54, 1.807) is 0 Å². The van der Waals surface area contributed by atoms with Crippen LogP contribution in [0, 0.1) is 0 Å². The number of esters is 2. The summed E-state index contributed by atoms with van der Waals surface area (Å²) in [6.07, 6.45) is 28.7. The maximum Gasteiger partial charge on any atom is 0.472 e. The molecule has 0 aromatic heterocycles. The van der Waals surface area contributed by atoms with Crippen LogP contribution in [0.25, 0.3) is 0 Å². The first-order valence-electron chi connectivity index (χ1n) is 25.8. The fourth-order valence-corrected chi connectivity index (χ4v) is 9.26. The molecule has 1 aliphatic rings. The van der Waals surface area contributed by atoms with Gasteiger partial charge in [-0.2, -0.15) is 0 Å². The van der Waals surface area contributed by atoms with Gasteiger partial charge in [-0.05, 0) is 12.8 Å². The molecule has 1 fully saturated rings. The Bertz CT molecular complexity index is 1110. The first-order chi connectivity index (χ1) is 30.4. The Hall–Kier alpha value is -1.15. The van der Waals surface area contributed by atoms with Crippen LogP contribution in [0.3, 0.4) is 0 Å². The molecule has 13 nitrogen and oxygen atoms in total. The van der Waals surface area contributed by atoms with E-state index in [1.165, 1.54) is 167 Å². The Morgan fingerprint density at radius 2 is 0.714 bits per heavy atom. The topological polar surface area (TPSA) is 210 Å². The number of phosphoric acid groups is 1. The Morgan fingerprint density at radius 3 is 1.05 bits per heavy atom. The number of phosphoric ester groups is 1. The zero-order chi connectivity index (χ0) is 46.4. The molecule has 0 aromatic rings. The molecule has 0 aliphatic heterocycles. The van der Waals surface area contributed by atoms with Gasteiger partial charge in [0.2, 0.25) is 0 Å². The maximum atomic E-state index is 12.8. The summed E-state index contributed by atoms with van der Waals surface area (Å²) in [5.41, 5.74) is 0. The van der Waals surface area contributed by atoms with Crippen molar-refractivity contribution in [2.24, 2.45) is 0 Å². The summed E-state index contributed by atoms with van der Waals surface area (Å²) >= 11 is 0. The van der Waals surface area contributed by atoms with E-state index in [0.717, 1.165) is 38.5 Å². The third-order valence-electron chi connectivity index (χ3n) is 12.4. The van der Waals surface area contributed by atoms with Gasteiger partial charge in [-0.15, -0.1) is 0 Å². The summed E-state index contributed by atoms with van der Waals surface area (Å²) < 4.78 is 33.6. The zero-order valence-electron chi connectivity index (χ0n) is 39.9. The van der Waals surface area contributed by atoms with Gasteiger partial charge in [0.05, 0.1) is 6.61 Å². The smallest absolute Gasteiger partial charge is 0.462 e. The number of rotatable bonds is 44. The number of aliphatic hydroxyl groups excluding tert-OH is 5. The molecule has 0 radical (unpaired) electrons. The molecule has 6 unspecified atom stereocenters. The van der Waals surface area contributed by atoms with Crippen LogP contribution in [0.5, 0.6) is 0 Å². The fourth-order valence-electron chi connectivity index (χ4n) is 8.29. The van der Waals surface area contributed by atoms with E-state index in [2.05, 4.69) is 13.8 Å². The van der Waals surface area contributed by atoms with E-state index in [4.69, 9.17) is 18.5 Å². The lowest BCUT2D eigenvalue weighted by atomic mass is 9.85. The van der Waals surface area contributed by atoms with Crippen LogP contribution in [0.4, 0.5) is 0 Å². The highest BCUT2D eigenvalue weighted by Gasteiger charge is 2.51. The molecule has 1 aliphatic carbocycles. The quantitative estimate of drug-likeness (QED) is 0.0191. The van der Waals surface area contributed by atoms with Crippen molar-refractivity contribution >= 4 is 19.8 Å². The minimum Gasteiger partial charge on any atom is -0.462 e. The van der Waals surface area contributed by atoms with E-state index >= 15 is 0 Å². The zero-order valence-corrected chi connectivity index (χ0v) is 40.8. The Balaban J connectivity index is 2.36. The molecule has 0 aromatic carbocycles. The highest BCUT2D eigenvalue weighted by molar-refractivity contribution is 7.47. The van der Waals surface area contributed by atoms with Crippen LogP contribution in [-0.2, 0) is 32.7 Å². The number of hydrogen-bond donors (Lipinski definition) is 6. The van der Waals surface area contributed by atoms with Crippen LogP contribution >= 0.6 is 7.82 Å². The van der Waals surface area contributed by atoms with Crippen molar-refractivity contribution in [3.63, 3.8) is 0 Å². The normalized spacial score (nSPS) is 21.6. The first-order valence-corrected chi connectivity index (χ1v) is 27.3. The van der Waals surface area contributed by atoms with Crippen molar-refractivity contribution in [1.29, 1.82) is 0 Å². The number of carbonyl (C=O) groups excluding carboxylic acids is 2. The van der Waals surface area contributed by atoms with Gasteiger partial charge in [0.1, 0.15) is 43.2 Å². The molecule has 0 bridgehead atoms. The largest absolute Gasteiger partial charge is 0.472 e. The molecule has 1 rings (SSSR count). The molecule has 14 heteroatoms. The van der Waals surface area contributed by atoms with Gasteiger partial charge >= 0.3 is 19.8 Å². The molecule has 0 saturated heterocycles. The maximum absolute atomic E-state index is 12.8. The second-order valence-electron chi connectivity index (χ2n) is 18.4. The second-order valence-corrected chi connectivity index (χ2v) is 19.8. The fraction of sp³-hybridized carbons (Fsp3) is 0.959. The van der Waals surface area contributed by atoms with Crippen molar-refractivity contribution in [3.05, 3.63) is 0 Å². The van der Waals surface area contributed by atoms with E-state index < -0.39 is 75.7 Å². The van der Waals surface area contributed by atoms with E-state index in [9.17, 15) is 44.6 Å². The predicted octanol–water partition coefficient (Wildman–Crippen LogP) is 10.8. The molecule has 6 N–H and O–H groups in total. The molecular formula is C49H95O13P. The average molecular weight is 923 g/mol. The molecule has 374 valence electrons. The number of aliphatic hydroxyl groups is 5. The summed E-state index contributed by atoms with van der Waals surface area (Å²) in [7, 11) is -5.11. The van der Waals surface area contributed by atoms with E-state index in [0.29, 0.717) is 12.8 Å². The summed E-state index contributed by atoms with van der Waals surface area (Å²) in [5, 5.41) is 50.2. The SMILES string of the molecule is CCCCCCCCCCCCCCCCCCCCCCCC(=O)OC(COC(=O)CCCCCCCCCCCCCCC)COP(=O)(O)OC1C(O)C(O)C(O)C(O)C1O. The van der Waals surface area contributed by atoms with Gasteiger partial charge in [-0.3, -0.25) is 18.6 Å². The second kappa shape index (κ2) is 40.0. The average Bonchev–Trinajstić information content (AvgIpc) is 3.26. The lowest BCUT2D eigenvalue weighted by Crippen LogP contribution is -2.64. The van der Waals surface area contributed by atoms with Crippen molar-refractivity contribution in [2.45, 2.75) is 288 Å². The van der Waals surface area contributed by atoms with E-state index in [1.807, 2.05) is 0 Å². The number of unbranched alkanes of at least 4 members (excludes halogenated alkanes) is 32. The van der Waals surface area contributed by atoms with Gasteiger partial charge in [-0.1, -0.05) is 219 Å². The minimum atomic E-state index is -5.11. The van der Waals surface area contributed by atoms with Crippen molar-refractivity contribution in [3.8, 4) is 0 Å². The summed E-state index contributed by atoms with van der Waals surface area (Å²) in [4.78, 5) is 35.8.